The third kappa shape index (κ3) is 6.04. The molecule has 1 amide bonds. The fourth-order valence-electron chi connectivity index (χ4n) is 4.33. The highest BCUT2D eigenvalue weighted by Crippen LogP contribution is 2.25. The molecular formula is C25H30ClFN6O3. The summed E-state index contributed by atoms with van der Waals surface area (Å²) in [5.74, 6) is 0.355. The molecule has 0 unspecified atom stereocenters. The molecule has 36 heavy (non-hydrogen) atoms. The Morgan fingerprint density at radius 3 is 2.53 bits per heavy atom. The molecular weight excluding hydrogens is 487 g/mol. The molecule has 0 bridgehead atoms. The molecule has 9 nitrogen and oxygen atoms in total. The predicted molar refractivity (Wildman–Crippen MR) is 136 cm³/mol. The van der Waals surface area contributed by atoms with Gasteiger partial charge in [0.15, 0.2) is 0 Å². The fraction of sp³-hybridized carbons (Fsp3) is 0.440. The van der Waals surface area contributed by atoms with Gasteiger partial charge in [0.1, 0.15) is 12.4 Å². The van der Waals surface area contributed by atoms with Crippen LogP contribution in [0.2, 0.25) is 0 Å². The third-order valence-electron chi connectivity index (χ3n) is 6.17. The number of nitrogens with one attached hydrogen (secondary N) is 2. The van der Waals surface area contributed by atoms with Gasteiger partial charge >= 0.3 is 11.8 Å². The highest BCUT2D eigenvalue weighted by molar-refractivity contribution is 6.18. The van der Waals surface area contributed by atoms with Gasteiger partial charge in [-0.1, -0.05) is 0 Å². The van der Waals surface area contributed by atoms with Crippen LogP contribution in [0.25, 0.3) is 17.1 Å². The summed E-state index contributed by atoms with van der Waals surface area (Å²) in [6, 6.07) is 7.69. The number of benzene rings is 1. The molecule has 1 saturated carbocycles. The molecule has 0 saturated heterocycles. The Hall–Kier alpha value is -3.40. The molecule has 1 aromatic carbocycles. The van der Waals surface area contributed by atoms with E-state index in [1.165, 1.54) is 16.7 Å². The van der Waals surface area contributed by atoms with Crippen LogP contribution in [-0.4, -0.2) is 49.8 Å². The van der Waals surface area contributed by atoms with E-state index in [2.05, 4.69) is 20.6 Å². The largest absolute Gasteiger partial charge is 0.448 e. The van der Waals surface area contributed by atoms with Crippen molar-refractivity contribution in [3.05, 3.63) is 59.0 Å². The van der Waals surface area contributed by atoms with Crippen molar-refractivity contribution in [2.75, 3.05) is 17.8 Å². The maximum absolute atomic E-state index is 13.5. The van der Waals surface area contributed by atoms with Gasteiger partial charge in [0.2, 0.25) is 5.95 Å². The van der Waals surface area contributed by atoms with E-state index in [1.807, 2.05) is 13.8 Å². The number of carbonyl (C=O) groups is 1. The second kappa shape index (κ2) is 11.6. The summed E-state index contributed by atoms with van der Waals surface area (Å²) >= 11 is 5.55. The summed E-state index contributed by atoms with van der Waals surface area (Å²) in [5.41, 5.74) is 1.49. The molecule has 2 heterocycles. The molecule has 2 N–H and O–H groups in total. The molecule has 4 rings (SSSR count). The van der Waals surface area contributed by atoms with E-state index in [1.54, 1.807) is 35.2 Å². The smallest absolute Gasteiger partial charge is 0.407 e. The van der Waals surface area contributed by atoms with Gasteiger partial charge in [-0.2, -0.15) is 0 Å². The van der Waals surface area contributed by atoms with Crippen molar-refractivity contribution in [2.45, 2.75) is 57.7 Å². The van der Waals surface area contributed by atoms with E-state index < -0.39 is 6.09 Å². The summed E-state index contributed by atoms with van der Waals surface area (Å²) in [5, 5.41) is 6.26. The Morgan fingerprint density at radius 2 is 1.86 bits per heavy atom. The Labute approximate surface area is 213 Å². The van der Waals surface area contributed by atoms with E-state index in [4.69, 9.17) is 16.3 Å². The van der Waals surface area contributed by atoms with Gasteiger partial charge in [0.05, 0.1) is 23.0 Å². The molecule has 11 heteroatoms. The number of halogens is 2. The van der Waals surface area contributed by atoms with Gasteiger partial charge in [0, 0.05) is 30.5 Å². The number of nitrogens with zero attached hydrogens (tertiary/aromatic N) is 4. The van der Waals surface area contributed by atoms with Gasteiger partial charge in [-0.25, -0.2) is 23.9 Å². The average Bonchev–Trinajstić information content (AvgIpc) is 3.22. The number of rotatable bonds is 8. The topological polar surface area (TPSA) is 103 Å². The highest BCUT2D eigenvalue weighted by atomic mass is 35.5. The normalized spacial score (nSPS) is 17.7. The average molecular weight is 517 g/mol. The lowest BCUT2D eigenvalue weighted by atomic mass is 9.91. The molecule has 1 aliphatic rings. The first-order valence-corrected chi connectivity index (χ1v) is 12.6. The number of ether oxygens (including phenoxy) is 1. The van der Waals surface area contributed by atoms with Crippen molar-refractivity contribution in [1.29, 1.82) is 0 Å². The van der Waals surface area contributed by atoms with Crippen LogP contribution in [0.4, 0.5) is 15.1 Å². The minimum Gasteiger partial charge on any atom is -0.448 e. The van der Waals surface area contributed by atoms with E-state index >= 15 is 0 Å². The predicted octanol–water partition coefficient (Wildman–Crippen LogP) is 4.50. The van der Waals surface area contributed by atoms with Gasteiger partial charge in [-0.3, -0.25) is 9.13 Å². The Kier molecular flexibility index (Phi) is 8.25. The van der Waals surface area contributed by atoms with E-state index in [0.717, 1.165) is 25.7 Å². The van der Waals surface area contributed by atoms with Gasteiger partial charge in [0.25, 0.3) is 0 Å². The minimum absolute atomic E-state index is 0.0547. The molecule has 0 atom stereocenters. The summed E-state index contributed by atoms with van der Waals surface area (Å²) in [7, 11) is 0. The molecule has 1 fully saturated rings. The number of hydrogen-bond acceptors (Lipinski definition) is 6. The van der Waals surface area contributed by atoms with E-state index in [9.17, 15) is 14.0 Å². The minimum atomic E-state index is -0.441. The Balaban J connectivity index is 1.50. The van der Waals surface area contributed by atoms with Crippen molar-refractivity contribution < 1.29 is 13.9 Å². The Bertz CT molecular complexity index is 1240. The van der Waals surface area contributed by atoms with Crippen molar-refractivity contribution in [2.24, 2.45) is 0 Å². The van der Waals surface area contributed by atoms with E-state index in [0.29, 0.717) is 23.0 Å². The summed E-state index contributed by atoms with van der Waals surface area (Å²) in [6.45, 7) is 4.04. The number of alkyl carbamates (subject to hydrolysis) is 1. The second-order valence-corrected chi connectivity index (χ2v) is 9.42. The van der Waals surface area contributed by atoms with Crippen molar-refractivity contribution in [1.82, 2.24) is 24.4 Å². The summed E-state index contributed by atoms with van der Waals surface area (Å²) in [6.07, 6.45) is 6.24. The van der Waals surface area contributed by atoms with Gasteiger partial charge in [-0.15, -0.1) is 11.6 Å². The van der Waals surface area contributed by atoms with Crippen LogP contribution in [0.3, 0.4) is 0 Å². The SMILES string of the molecule is CC(C)n1cc(-c2ccnc(N[C@H]3CC[C@H](NC(=O)OCCCl)CC3)n2)n(-c2ccc(F)cc2)c1=O. The number of anilines is 1. The van der Waals surface area contributed by atoms with E-state index in [-0.39, 0.29) is 42.1 Å². The molecule has 2 aromatic heterocycles. The lowest BCUT2D eigenvalue weighted by Gasteiger charge is -2.29. The van der Waals surface area contributed by atoms with Crippen LogP contribution in [0.1, 0.15) is 45.6 Å². The third-order valence-corrected chi connectivity index (χ3v) is 6.32. The number of hydrogen-bond donors (Lipinski definition) is 2. The maximum atomic E-state index is 13.5. The molecule has 0 spiro atoms. The quantitative estimate of drug-likeness (QED) is 0.427. The lowest BCUT2D eigenvalue weighted by Crippen LogP contribution is -2.40. The van der Waals surface area contributed by atoms with Gasteiger partial charge in [-0.05, 0) is 69.9 Å². The van der Waals surface area contributed by atoms with Crippen molar-refractivity contribution in [3.8, 4) is 17.1 Å². The second-order valence-electron chi connectivity index (χ2n) is 9.04. The van der Waals surface area contributed by atoms with Crippen LogP contribution in [0.5, 0.6) is 0 Å². The van der Waals surface area contributed by atoms with Crippen molar-refractivity contribution in [3.63, 3.8) is 0 Å². The first-order valence-electron chi connectivity index (χ1n) is 12.0. The zero-order valence-corrected chi connectivity index (χ0v) is 21.0. The van der Waals surface area contributed by atoms with Crippen LogP contribution < -0.4 is 16.3 Å². The number of amides is 1. The van der Waals surface area contributed by atoms with Crippen LogP contribution in [0, 0.1) is 5.82 Å². The molecule has 0 radical (unpaired) electrons. The molecule has 3 aromatic rings. The molecule has 1 aliphatic carbocycles. The zero-order valence-electron chi connectivity index (χ0n) is 20.3. The first kappa shape index (κ1) is 25.7. The maximum Gasteiger partial charge on any atom is 0.407 e. The van der Waals surface area contributed by atoms with Crippen molar-refractivity contribution >= 4 is 23.6 Å². The summed E-state index contributed by atoms with van der Waals surface area (Å²) < 4.78 is 21.7. The number of aromatic nitrogens is 4. The van der Waals surface area contributed by atoms with Gasteiger partial charge < -0.3 is 15.4 Å². The number of carbonyl (C=O) groups excluding carboxylic acids is 1. The first-order chi connectivity index (χ1) is 17.4. The zero-order chi connectivity index (χ0) is 25.7. The monoisotopic (exact) mass is 516 g/mol. The van der Waals surface area contributed by atoms with Crippen LogP contribution in [-0.2, 0) is 4.74 Å². The number of alkyl halides is 1. The fourth-order valence-corrected chi connectivity index (χ4v) is 4.41. The lowest BCUT2D eigenvalue weighted by molar-refractivity contribution is 0.145. The van der Waals surface area contributed by atoms with Crippen LogP contribution >= 0.6 is 11.6 Å². The Morgan fingerprint density at radius 1 is 1.17 bits per heavy atom. The highest BCUT2D eigenvalue weighted by Gasteiger charge is 2.24. The summed E-state index contributed by atoms with van der Waals surface area (Å²) in [4.78, 5) is 34.0. The standard InChI is InChI=1S/C25H30ClFN6O3/c1-16(2)32-15-22(33(25(32)35)20-9-3-17(27)4-10-20)21-11-13-28-23(31-21)29-18-5-7-19(8-6-18)30-24(34)36-14-12-26/h3-4,9-11,13,15-16,18-19H,5-8,12,14H2,1-2H3,(H,30,34)(H,28,29,31)/t18-,19-. The van der Waals surface area contributed by atoms with Crippen LogP contribution in [0.15, 0.2) is 47.5 Å². The molecule has 0 aliphatic heterocycles. The number of imidazole rings is 1. The molecule has 192 valence electrons.